The second-order valence-corrected chi connectivity index (χ2v) is 6.66. The van der Waals surface area contributed by atoms with Crippen LogP contribution >= 0.6 is 0 Å². The molecule has 27 heavy (non-hydrogen) atoms. The molecule has 3 aromatic heterocycles. The molecule has 4 heterocycles. The molecule has 1 aliphatic rings. The van der Waals surface area contributed by atoms with E-state index in [1.165, 1.54) is 0 Å². The summed E-state index contributed by atoms with van der Waals surface area (Å²) >= 11 is 0. The number of carbonyl (C=O) groups excluding carboxylic acids is 1. The molecule has 1 fully saturated rings. The van der Waals surface area contributed by atoms with Crippen LogP contribution in [-0.4, -0.2) is 47.9 Å². The van der Waals surface area contributed by atoms with Gasteiger partial charge in [-0.1, -0.05) is 12.1 Å². The highest BCUT2D eigenvalue weighted by molar-refractivity contribution is 5.93. The van der Waals surface area contributed by atoms with Crippen molar-refractivity contribution in [3.63, 3.8) is 0 Å². The fourth-order valence-corrected chi connectivity index (χ4v) is 3.37. The molecule has 0 saturated carbocycles. The zero-order chi connectivity index (χ0) is 18.4. The fraction of sp³-hybridized carbons (Fsp3) is 0.278. The van der Waals surface area contributed by atoms with Crippen molar-refractivity contribution in [2.75, 3.05) is 11.9 Å². The van der Waals surface area contributed by atoms with Crippen LogP contribution in [0.2, 0.25) is 0 Å². The van der Waals surface area contributed by atoms with Crippen LogP contribution in [0, 0.1) is 0 Å². The van der Waals surface area contributed by atoms with E-state index in [0.717, 1.165) is 29.3 Å². The number of amides is 1. The summed E-state index contributed by atoms with van der Waals surface area (Å²) in [6.07, 6.45) is 5.28. The number of fused-ring (bicyclic) bond motifs is 3. The van der Waals surface area contributed by atoms with Gasteiger partial charge in [0.25, 0.3) is 0 Å². The lowest BCUT2D eigenvalue weighted by Crippen LogP contribution is -2.44. The first-order chi connectivity index (χ1) is 13.2. The van der Waals surface area contributed by atoms with Crippen molar-refractivity contribution in [1.82, 2.24) is 34.7 Å². The van der Waals surface area contributed by atoms with E-state index < -0.39 is 0 Å². The Hall–Kier alpha value is -3.49. The second-order valence-electron chi connectivity index (χ2n) is 6.66. The van der Waals surface area contributed by atoms with Crippen molar-refractivity contribution in [3.8, 4) is 11.4 Å². The van der Waals surface area contributed by atoms with Crippen LogP contribution in [0.25, 0.3) is 27.9 Å². The molecule has 2 N–H and O–H groups in total. The molecule has 1 aromatic carbocycles. The van der Waals surface area contributed by atoms with Crippen LogP contribution in [0.4, 0.5) is 5.95 Å². The Morgan fingerprint density at radius 2 is 2.15 bits per heavy atom. The number of nitrogens with zero attached hydrogens (tertiary/aromatic N) is 6. The lowest BCUT2D eigenvalue weighted by atomic mass is 10.1. The van der Waals surface area contributed by atoms with Gasteiger partial charge < -0.3 is 10.6 Å². The molecule has 1 aliphatic heterocycles. The van der Waals surface area contributed by atoms with Crippen LogP contribution < -0.4 is 10.6 Å². The Bertz CT molecular complexity index is 1160. The van der Waals surface area contributed by atoms with E-state index >= 15 is 0 Å². The molecule has 0 aliphatic carbocycles. The van der Waals surface area contributed by atoms with Crippen molar-refractivity contribution in [3.05, 3.63) is 36.7 Å². The lowest BCUT2D eigenvalue weighted by molar-refractivity contribution is -0.123. The van der Waals surface area contributed by atoms with E-state index in [-0.39, 0.29) is 11.9 Å². The summed E-state index contributed by atoms with van der Waals surface area (Å²) in [6, 6.07) is 7.45. The summed E-state index contributed by atoms with van der Waals surface area (Å²) in [6.45, 7) is 0.714. The quantitative estimate of drug-likeness (QED) is 0.571. The second kappa shape index (κ2) is 6.04. The number of piperidine rings is 1. The predicted octanol–water partition coefficient (Wildman–Crippen LogP) is 1.37. The number of anilines is 1. The first-order valence-electron chi connectivity index (χ1n) is 8.88. The standard InChI is InChI=1S/C18H18N8O/c1-25-10-11(9-20-25)15-23-16-12-5-2-3-6-13(12)21-18(26(16)24-15)22-14-7-4-8-19-17(14)27/h2-3,5-6,9-10,14H,4,7-8H2,1H3,(H,19,27)(H,21,22)/t14-/m0/s1. The average molecular weight is 362 g/mol. The highest BCUT2D eigenvalue weighted by atomic mass is 16.2. The highest BCUT2D eigenvalue weighted by Gasteiger charge is 2.24. The molecular formula is C18H18N8O. The molecule has 1 amide bonds. The van der Waals surface area contributed by atoms with E-state index in [4.69, 9.17) is 9.97 Å². The molecule has 5 rings (SSSR count). The maximum Gasteiger partial charge on any atom is 0.242 e. The third-order valence-electron chi connectivity index (χ3n) is 4.73. The molecule has 0 bridgehead atoms. The van der Waals surface area contributed by atoms with Gasteiger partial charge >= 0.3 is 0 Å². The minimum absolute atomic E-state index is 0.0167. The average Bonchev–Trinajstić information content (AvgIpc) is 3.30. The zero-order valence-electron chi connectivity index (χ0n) is 14.8. The summed E-state index contributed by atoms with van der Waals surface area (Å²) in [5.74, 6) is 1.06. The smallest absolute Gasteiger partial charge is 0.242 e. The predicted molar refractivity (Wildman–Crippen MR) is 100 cm³/mol. The Balaban J connectivity index is 1.68. The van der Waals surface area contributed by atoms with Crippen molar-refractivity contribution in [2.24, 2.45) is 7.05 Å². The largest absolute Gasteiger partial charge is 0.354 e. The number of aromatic nitrogens is 6. The van der Waals surface area contributed by atoms with E-state index in [2.05, 4.69) is 20.8 Å². The molecule has 9 nitrogen and oxygen atoms in total. The lowest BCUT2D eigenvalue weighted by Gasteiger charge is -2.23. The van der Waals surface area contributed by atoms with E-state index in [0.29, 0.717) is 24.0 Å². The summed E-state index contributed by atoms with van der Waals surface area (Å²) in [7, 11) is 1.85. The zero-order valence-corrected chi connectivity index (χ0v) is 14.8. The van der Waals surface area contributed by atoms with E-state index in [1.807, 2.05) is 37.5 Å². The SMILES string of the molecule is Cn1cc(-c2nc3c4ccccc4nc(N[C@H]4CCCNC4=O)n3n2)cn1. The van der Waals surface area contributed by atoms with Crippen LogP contribution in [0.5, 0.6) is 0 Å². The molecule has 9 heteroatoms. The molecule has 1 atom stereocenters. The first kappa shape index (κ1) is 15.7. The number of nitrogens with one attached hydrogen (secondary N) is 2. The summed E-state index contributed by atoms with van der Waals surface area (Å²) < 4.78 is 3.38. The third-order valence-corrected chi connectivity index (χ3v) is 4.73. The van der Waals surface area contributed by atoms with Gasteiger partial charge in [-0.15, -0.1) is 5.10 Å². The molecule has 1 saturated heterocycles. The maximum absolute atomic E-state index is 12.2. The number of carbonyl (C=O) groups is 1. The Morgan fingerprint density at radius 1 is 1.26 bits per heavy atom. The minimum atomic E-state index is -0.332. The number of para-hydroxylation sites is 1. The number of rotatable bonds is 3. The monoisotopic (exact) mass is 362 g/mol. The van der Waals surface area contributed by atoms with Crippen molar-refractivity contribution >= 4 is 28.4 Å². The van der Waals surface area contributed by atoms with E-state index in [1.54, 1.807) is 15.4 Å². The van der Waals surface area contributed by atoms with Gasteiger partial charge in [-0.05, 0) is 25.0 Å². The van der Waals surface area contributed by atoms with Gasteiger partial charge in [-0.25, -0.2) is 9.97 Å². The van der Waals surface area contributed by atoms with Crippen LogP contribution in [0.1, 0.15) is 12.8 Å². The number of benzene rings is 1. The molecule has 136 valence electrons. The van der Waals surface area contributed by atoms with Gasteiger partial charge in [-0.2, -0.15) is 9.61 Å². The maximum atomic E-state index is 12.2. The fourth-order valence-electron chi connectivity index (χ4n) is 3.37. The number of aryl methyl sites for hydroxylation is 1. The summed E-state index contributed by atoms with van der Waals surface area (Å²) in [5, 5.41) is 15.9. The van der Waals surface area contributed by atoms with Crippen molar-refractivity contribution in [2.45, 2.75) is 18.9 Å². The Kier molecular flexibility index (Phi) is 3.52. The number of hydrogen-bond acceptors (Lipinski definition) is 6. The van der Waals surface area contributed by atoms with Gasteiger partial charge in [-0.3, -0.25) is 9.48 Å². The topological polar surface area (TPSA) is 102 Å². The van der Waals surface area contributed by atoms with Crippen LogP contribution in [-0.2, 0) is 11.8 Å². The van der Waals surface area contributed by atoms with Crippen molar-refractivity contribution < 1.29 is 4.79 Å². The van der Waals surface area contributed by atoms with Crippen LogP contribution in [0.15, 0.2) is 36.7 Å². The van der Waals surface area contributed by atoms with Gasteiger partial charge in [0, 0.05) is 25.2 Å². The van der Waals surface area contributed by atoms with Gasteiger partial charge in [0.1, 0.15) is 6.04 Å². The Morgan fingerprint density at radius 3 is 2.96 bits per heavy atom. The first-order valence-corrected chi connectivity index (χ1v) is 8.88. The molecule has 0 radical (unpaired) electrons. The molecule has 0 spiro atoms. The number of hydrogen-bond donors (Lipinski definition) is 2. The highest BCUT2D eigenvalue weighted by Crippen LogP contribution is 2.24. The van der Waals surface area contributed by atoms with Gasteiger partial charge in [0.15, 0.2) is 11.5 Å². The minimum Gasteiger partial charge on any atom is -0.354 e. The normalized spacial score (nSPS) is 17.4. The van der Waals surface area contributed by atoms with Crippen molar-refractivity contribution in [1.29, 1.82) is 0 Å². The van der Waals surface area contributed by atoms with Gasteiger partial charge in [0.2, 0.25) is 11.9 Å². The Labute approximate surface area is 154 Å². The van der Waals surface area contributed by atoms with Crippen LogP contribution in [0.3, 0.4) is 0 Å². The van der Waals surface area contributed by atoms with Gasteiger partial charge in [0.05, 0.1) is 17.3 Å². The molecule has 0 unspecified atom stereocenters. The van der Waals surface area contributed by atoms with E-state index in [9.17, 15) is 4.79 Å². The summed E-state index contributed by atoms with van der Waals surface area (Å²) in [4.78, 5) is 21.6. The summed E-state index contributed by atoms with van der Waals surface area (Å²) in [5.41, 5.74) is 2.32. The molecular weight excluding hydrogens is 344 g/mol. The third kappa shape index (κ3) is 2.67. The molecule has 4 aromatic rings.